The Kier molecular flexibility index (Phi) is 6.07. The molecule has 0 aliphatic carbocycles. The highest BCUT2D eigenvalue weighted by Gasteiger charge is 2.14. The van der Waals surface area contributed by atoms with Crippen LogP contribution in [0.1, 0.15) is 11.4 Å². The van der Waals surface area contributed by atoms with Crippen LogP contribution in [0, 0.1) is 5.82 Å². The second kappa shape index (κ2) is 8.90. The molecule has 7 nitrogen and oxygen atoms in total. The molecule has 2 heterocycles. The number of benzene rings is 2. The molecular weight excluding hydrogens is 425 g/mol. The summed E-state index contributed by atoms with van der Waals surface area (Å²) in [5, 5.41) is 13.5. The Morgan fingerprint density at radius 1 is 1.00 bits per heavy atom. The molecule has 0 saturated heterocycles. The van der Waals surface area contributed by atoms with Crippen molar-refractivity contribution in [3.05, 3.63) is 83.9 Å². The average molecular weight is 444 g/mol. The van der Waals surface area contributed by atoms with E-state index >= 15 is 0 Å². The van der Waals surface area contributed by atoms with E-state index in [4.69, 9.17) is 0 Å². The number of nitrogens with zero attached hydrogens (tertiary/aromatic N) is 4. The molecule has 0 aliphatic rings. The first-order valence-electron chi connectivity index (χ1n) is 9.14. The van der Waals surface area contributed by atoms with E-state index in [1.165, 1.54) is 23.9 Å². The molecule has 0 spiro atoms. The molecule has 4 rings (SSSR count). The van der Waals surface area contributed by atoms with E-state index < -0.39 is 10.0 Å². The third-order valence-corrected chi connectivity index (χ3v) is 6.74. The van der Waals surface area contributed by atoms with Gasteiger partial charge in [0.15, 0.2) is 11.5 Å². The fourth-order valence-electron chi connectivity index (χ4n) is 2.81. The van der Waals surface area contributed by atoms with E-state index in [0.29, 0.717) is 23.6 Å². The van der Waals surface area contributed by atoms with Gasteiger partial charge in [-0.2, -0.15) is 9.61 Å². The number of thioether (sulfide) groups is 1. The molecule has 0 amide bonds. The summed E-state index contributed by atoms with van der Waals surface area (Å²) in [5.74, 6) is 0.856. The van der Waals surface area contributed by atoms with Crippen molar-refractivity contribution in [1.82, 2.24) is 24.5 Å². The van der Waals surface area contributed by atoms with Crippen LogP contribution in [0.4, 0.5) is 4.39 Å². The number of hydrogen-bond acceptors (Lipinski definition) is 6. The first-order valence-corrected chi connectivity index (χ1v) is 11.6. The molecule has 0 atom stereocenters. The quantitative estimate of drug-likeness (QED) is 0.421. The molecule has 0 bridgehead atoms. The summed E-state index contributed by atoms with van der Waals surface area (Å²) in [6.07, 6.45) is 0.332. The van der Waals surface area contributed by atoms with E-state index in [1.54, 1.807) is 47.0 Å². The average Bonchev–Trinajstić information content (AvgIpc) is 3.15. The van der Waals surface area contributed by atoms with Crippen LogP contribution in [0.25, 0.3) is 5.65 Å². The predicted molar refractivity (Wildman–Crippen MR) is 112 cm³/mol. The highest BCUT2D eigenvalue weighted by atomic mass is 32.2. The van der Waals surface area contributed by atoms with Crippen LogP contribution in [0.15, 0.2) is 76.7 Å². The van der Waals surface area contributed by atoms with Gasteiger partial charge in [-0.05, 0) is 42.0 Å². The molecule has 2 aromatic carbocycles. The van der Waals surface area contributed by atoms with Gasteiger partial charge in [0.2, 0.25) is 10.0 Å². The van der Waals surface area contributed by atoms with Gasteiger partial charge >= 0.3 is 0 Å². The van der Waals surface area contributed by atoms with Gasteiger partial charge in [-0.25, -0.2) is 17.5 Å². The number of halogens is 1. The highest BCUT2D eigenvalue weighted by molar-refractivity contribution is 7.98. The molecule has 4 aromatic rings. The molecule has 154 valence electrons. The minimum absolute atomic E-state index is 0.167. The second-order valence-corrected chi connectivity index (χ2v) is 9.20. The van der Waals surface area contributed by atoms with Crippen LogP contribution in [0.2, 0.25) is 0 Å². The Morgan fingerprint density at radius 3 is 2.63 bits per heavy atom. The SMILES string of the molecule is O=S(=O)(NCCc1nnc2ccc(SCc3cccc(F)c3)nn12)c1ccccc1. The van der Waals surface area contributed by atoms with Crippen molar-refractivity contribution < 1.29 is 12.8 Å². The first-order chi connectivity index (χ1) is 14.5. The maximum atomic E-state index is 13.3. The smallest absolute Gasteiger partial charge is 0.211 e. The van der Waals surface area contributed by atoms with Crippen molar-refractivity contribution >= 4 is 27.4 Å². The van der Waals surface area contributed by atoms with E-state index in [-0.39, 0.29) is 17.3 Å². The monoisotopic (exact) mass is 443 g/mol. The lowest BCUT2D eigenvalue weighted by Gasteiger charge is -2.06. The topological polar surface area (TPSA) is 89.2 Å². The van der Waals surface area contributed by atoms with E-state index in [2.05, 4.69) is 20.0 Å². The molecule has 2 aromatic heterocycles. The van der Waals surface area contributed by atoms with Crippen molar-refractivity contribution in [2.75, 3.05) is 6.54 Å². The second-order valence-electron chi connectivity index (χ2n) is 6.44. The fraction of sp³-hybridized carbons (Fsp3) is 0.150. The third-order valence-electron chi connectivity index (χ3n) is 4.27. The zero-order chi connectivity index (χ0) is 21.0. The molecule has 0 aliphatic heterocycles. The Bertz CT molecular complexity index is 1260. The Morgan fingerprint density at radius 2 is 1.83 bits per heavy atom. The minimum Gasteiger partial charge on any atom is -0.211 e. The number of hydrogen-bond donors (Lipinski definition) is 1. The van der Waals surface area contributed by atoms with Crippen molar-refractivity contribution in [2.45, 2.75) is 22.1 Å². The lowest BCUT2D eigenvalue weighted by atomic mass is 10.2. The summed E-state index contributed by atoms with van der Waals surface area (Å²) in [4.78, 5) is 0.213. The van der Waals surface area contributed by atoms with E-state index in [9.17, 15) is 12.8 Å². The predicted octanol–water partition coefficient (Wildman–Crippen LogP) is 3.08. The zero-order valence-electron chi connectivity index (χ0n) is 15.8. The third kappa shape index (κ3) is 4.84. The summed E-state index contributed by atoms with van der Waals surface area (Å²) < 4.78 is 42.1. The molecule has 1 N–H and O–H groups in total. The number of sulfonamides is 1. The van der Waals surface area contributed by atoms with Crippen molar-refractivity contribution in [2.24, 2.45) is 0 Å². The lowest BCUT2D eigenvalue weighted by Crippen LogP contribution is -2.26. The number of fused-ring (bicyclic) bond motifs is 1. The van der Waals surface area contributed by atoms with Gasteiger partial charge < -0.3 is 0 Å². The normalized spacial score (nSPS) is 11.8. The Hall–Kier alpha value is -2.82. The molecule has 30 heavy (non-hydrogen) atoms. The Balaban J connectivity index is 1.42. The van der Waals surface area contributed by atoms with Crippen LogP contribution in [0.5, 0.6) is 0 Å². The van der Waals surface area contributed by atoms with Crippen LogP contribution >= 0.6 is 11.8 Å². The zero-order valence-corrected chi connectivity index (χ0v) is 17.4. The summed E-state index contributed by atoms with van der Waals surface area (Å²) >= 11 is 1.47. The number of rotatable bonds is 8. The van der Waals surface area contributed by atoms with Gasteiger partial charge in [-0.1, -0.05) is 42.1 Å². The minimum atomic E-state index is -3.58. The van der Waals surface area contributed by atoms with Crippen LogP contribution in [-0.4, -0.2) is 34.8 Å². The summed E-state index contributed by atoms with van der Waals surface area (Å²) in [5.41, 5.74) is 1.44. The summed E-state index contributed by atoms with van der Waals surface area (Å²) in [6, 6.07) is 18.3. The molecule has 10 heteroatoms. The van der Waals surface area contributed by atoms with E-state index in [0.717, 1.165) is 10.6 Å². The van der Waals surface area contributed by atoms with Gasteiger partial charge in [-0.15, -0.1) is 10.2 Å². The molecule has 0 unspecified atom stereocenters. The fourth-order valence-corrected chi connectivity index (χ4v) is 4.66. The molecule has 0 fully saturated rings. The maximum Gasteiger partial charge on any atom is 0.240 e. The van der Waals surface area contributed by atoms with Crippen molar-refractivity contribution in [1.29, 1.82) is 0 Å². The Labute approximate surface area is 177 Å². The van der Waals surface area contributed by atoms with E-state index in [1.807, 2.05) is 12.1 Å². The maximum absolute atomic E-state index is 13.3. The lowest BCUT2D eigenvalue weighted by molar-refractivity contribution is 0.580. The molecular formula is C20H18FN5O2S2. The first kappa shape index (κ1) is 20.5. The van der Waals surface area contributed by atoms with Crippen LogP contribution in [-0.2, 0) is 22.2 Å². The van der Waals surface area contributed by atoms with Crippen LogP contribution in [0.3, 0.4) is 0 Å². The van der Waals surface area contributed by atoms with Gasteiger partial charge in [0.25, 0.3) is 0 Å². The summed E-state index contributed by atoms with van der Waals surface area (Å²) in [6.45, 7) is 0.167. The molecule has 0 saturated carbocycles. The number of nitrogens with one attached hydrogen (secondary N) is 1. The molecule has 0 radical (unpaired) electrons. The standard InChI is InChI=1S/C20H18FN5O2S2/c21-16-6-4-5-15(13-16)14-29-20-10-9-18-23-24-19(26(18)25-20)11-12-22-30(27,28)17-7-2-1-3-8-17/h1-10,13,22H,11-12,14H2. The van der Waals surface area contributed by atoms with Gasteiger partial charge in [0.05, 0.1) is 4.90 Å². The van der Waals surface area contributed by atoms with Crippen molar-refractivity contribution in [3.8, 4) is 0 Å². The van der Waals surface area contributed by atoms with Crippen LogP contribution < -0.4 is 4.72 Å². The largest absolute Gasteiger partial charge is 0.240 e. The van der Waals surface area contributed by atoms with Gasteiger partial charge in [-0.3, -0.25) is 0 Å². The summed E-state index contributed by atoms with van der Waals surface area (Å²) in [7, 11) is -3.58. The number of aromatic nitrogens is 4. The van der Waals surface area contributed by atoms with Crippen molar-refractivity contribution in [3.63, 3.8) is 0 Å². The van der Waals surface area contributed by atoms with Gasteiger partial charge in [0.1, 0.15) is 10.8 Å². The van der Waals surface area contributed by atoms with Gasteiger partial charge in [0, 0.05) is 18.7 Å². The highest BCUT2D eigenvalue weighted by Crippen LogP contribution is 2.21.